The van der Waals surface area contributed by atoms with Gasteiger partial charge in [-0.2, -0.15) is 0 Å². The van der Waals surface area contributed by atoms with Crippen LogP contribution in [0.4, 0.5) is 19.3 Å². The van der Waals surface area contributed by atoms with E-state index in [1.807, 2.05) is 0 Å². The van der Waals surface area contributed by atoms with Gasteiger partial charge in [0.1, 0.15) is 17.4 Å². The van der Waals surface area contributed by atoms with Crippen molar-refractivity contribution in [2.24, 2.45) is 0 Å². The third-order valence-corrected chi connectivity index (χ3v) is 3.29. The predicted molar refractivity (Wildman–Crippen MR) is 92.8 cm³/mol. The molecule has 2 aromatic rings. The van der Waals surface area contributed by atoms with Crippen LogP contribution in [0.25, 0.3) is 0 Å². The van der Waals surface area contributed by atoms with Crippen molar-refractivity contribution in [3.05, 3.63) is 59.7 Å². The van der Waals surface area contributed by atoms with Crippen LogP contribution in [0.3, 0.4) is 0 Å². The zero-order valence-electron chi connectivity index (χ0n) is 14.1. The van der Waals surface area contributed by atoms with Gasteiger partial charge in [0, 0.05) is 12.6 Å². The molecule has 0 aliphatic carbocycles. The second-order valence-electron chi connectivity index (χ2n) is 5.28. The molecule has 6 nitrogen and oxygen atoms in total. The number of urea groups is 1. The van der Waals surface area contributed by atoms with Gasteiger partial charge >= 0.3 is 6.03 Å². The van der Waals surface area contributed by atoms with E-state index in [1.165, 1.54) is 30.3 Å². The molecule has 8 heteroatoms. The van der Waals surface area contributed by atoms with E-state index in [4.69, 9.17) is 4.74 Å². The van der Waals surface area contributed by atoms with Crippen LogP contribution in [0.1, 0.15) is 12.5 Å². The van der Waals surface area contributed by atoms with Gasteiger partial charge in [-0.1, -0.05) is 12.1 Å². The topological polar surface area (TPSA) is 79.5 Å². The lowest BCUT2D eigenvalue weighted by Crippen LogP contribution is -2.39. The summed E-state index contributed by atoms with van der Waals surface area (Å²) in [6.45, 7) is 1.97. The maximum Gasteiger partial charge on any atom is 0.315 e. The van der Waals surface area contributed by atoms with E-state index in [0.717, 1.165) is 5.56 Å². The molecule has 0 atom stereocenters. The fourth-order valence-electron chi connectivity index (χ4n) is 2.08. The molecule has 0 aromatic heterocycles. The van der Waals surface area contributed by atoms with Crippen LogP contribution >= 0.6 is 0 Å². The van der Waals surface area contributed by atoms with E-state index < -0.39 is 17.8 Å². The molecule has 0 bridgehead atoms. The van der Waals surface area contributed by atoms with E-state index in [-0.39, 0.29) is 24.7 Å². The summed E-state index contributed by atoms with van der Waals surface area (Å²) >= 11 is 0. The number of halogens is 2. The fraction of sp³-hybridized carbons (Fsp3) is 0.222. The van der Waals surface area contributed by atoms with Gasteiger partial charge in [-0.3, -0.25) is 4.79 Å². The van der Waals surface area contributed by atoms with Gasteiger partial charge in [0.05, 0.1) is 18.8 Å². The van der Waals surface area contributed by atoms with Crippen LogP contribution in [0.2, 0.25) is 0 Å². The molecule has 3 N–H and O–H groups in total. The summed E-state index contributed by atoms with van der Waals surface area (Å²) in [6.07, 6.45) is 0. The van der Waals surface area contributed by atoms with Crippen molar-refractivity contribution in [2.75, 3.05) is 18.5 Å². The smallest absolute Gasteiger partial charge is 0.315 e. The molecule has 0 spiro atoms. The summed E-state index contributed by atoms with van der Waals surface area (Å²) in [5.74, 6) is -1.12. The monoisotopic (exact) mass is 363 g/mol. The largest absolute Gasteiger partial charge is 0.492 e. The Balaban J connectivity index is 1.79. The molecule has 138 valence electrons. The first kappa shape index (κ1) is 19.2. The zero-order chi connectivity index (χ0) is 18.9. The Morgan fingerprint density at radius 1 is 1.00 bits per heavy atom. The van der Waals surface area contributed by atoms with E-state index in [0.29, 0.717) is 12.3 Å². The number of carbonyl (C=O) groups is 2. The predicted octanol–water partition coefficient (Wildman–Crippen LogP) is 2.80. The van der Waals surface area contributed by atoms with Crippen molar-refractivity contribution in [1.82, 2.24) is 10.6 Å². The van der Waals surface area contributed by atoms with Gasteiger partial charge in [0.15, 0.2) is 0 Å². The molecular weight excluding hydrogens is 344 g/mol. The highest BCUT2D eigenvalue weighted by atomic mass is 19.1. The molecule has 0 aliphatic heterocycles. The van der Waals surface area contributed by atoms with Crippen LogP contribution in [-0.4, -0.2) is 25.1 Å². The van der Waals surface area contributed by atoms with Crippen LogP contribution in [-0.2, 0) is 11.3 Å². The number of amides is 3. The Kier molecular flexibility index (Phi) is 6.90. The van der Waals surface area contributed by atoms with Crippen LogP contribution in [0.15, 0.2) is 42.5 Å². The SMILES string of the molecule is CCOc1cc(F)ccc1NC(=O)CNC(=O)NCc1ccc(F)cc1. The van der Waals surface area contributed by atoms with Crippen LogP contribution in [0, 0.1) is 11.6 Å². The molecule has 3 amide bonds. The van der Waals surface area contributed by atoms with E-state index in [2.05, 4.69) is 16.0 Å². The summed E-state index contributed by atoms with van der Waals surface area (Å²) in [7, 11) is 0. The number of anilines is 1. The third kappa shape index (κ3) is 6.04. The van der Waals surface area contributed by atoms with E-state index in [9.17, 15) is 18.4 Å². The lowest BCUT2D eigenvalue weighted by molar-refractivity contribution is -0.115. The summed E-state index contributed by atoms with van der Waals surface area (Å²) in [4.78, 5) is 23.6. The quantitative estimate of drug-likeness (QED) is 0.708. The van der Waals surface area contributed by atoms with E-state index >= 15 is 0 Å². The van der Waals surface area contributed by atoms with Gasteiger partial charge in [-0.25, -0.2) is 13.6 Å². The van der Waals surface area contributed by atoms with Gasteiger partial charge < -0.3 is 20.7 Å². The zero-order valence-corrected chi connectivity index (χ0v) is 14.1. The lowest BCUT2D eigenvalue weighted by Gasteiger charge is -2.12. The van der Waals surface area contributed by atoms with Crippen molar-refractivity contribution in [3.63, 3.8) is 0 Å². The highest BCUT2D eigenvalue weighted by Gasteiger charge is 2.10. The minimum absolute atomic E-state index is 0.195. The maximum absolute atomic E-state index is 13.2. The summed E-state index contributed by atoms with van der Waals surface area (Å²) < 4.78 is 31.3. The number of rotatable bonds is 7. The Bertz CT molecular complexity index is 767. The average Bonchev–Trinajstić information content (AvgIpc) is 2.62. The normalized spacial score (nSPS) is 10.1. The van der Waals surface area contributed by atoms with Gasteiger partial charge in [0.25, 0.3) is 0 Å². The van der Waals surface area contributed by atoms with Crippen molar-refractivity contribution in [1.29, 1.82) is 0 Å². The van der Waals surface area contributed by atoms with Crippen LogP contribution < -0.4 is 20.7 Å². The summed E-state index contributed by atoms with van der Waals surface area (Å²) in [5.41, 5.74) is 1.03. The number of ether oxygens (including phenoxy) is 1. The molecule has 0 unspecified atom stereocenters. The first-order valence-corrected chi connectivity index (χ1v) is 7.96. The van der Waals surface area contributed by atoms with Gasteiger partial charge in [-0.15, -0.1) is 0 Å². The Morgan fingerprint density at radius 2 is 1.69 bits per heavy atom. The Morgan fingerprint density at radius 3 is 2.38 bits per heavy atom. The third-order valence-electron chi connectivity index (χ3n) is 3.29. The number of nitrogens with one attached hydrogen (secondary N) is 3. The van der Waals surface area contributed by atoms with Gasteiger partial charge in [0.2, 0.25) is 5.91 Å². The first-order chi connectivity index (χ1) is 12.5. The molecule has 0 saturated heterocycles. The van der Waals surface area contributed by atoms with E-state index in [1.54, 1.807) is 19.1 Å². The fourth-order valence-corrected chi connectivity index (χ4v) is 2.08. The molecule has 0 aliphatic rings. The summed E-state index contributed by atoms with van der Waals surface area (Å²) in [6, 6.07) is 8.88. The van der Waals surface area contributed by atoms with Crippen molar-refractivity contribution >= 4 is 17.6 Å². The maximum atomic E-state index is 13.2. The highest BCUT2D eigenvalue weighted by molar-refractivity contribution is 5.95. The second kappa shape index (κ2) is 9.36. The molecule has 26 heavy (non-hydrogen) atoms. The minimum atomic E-state index is -0.548. The number of hydrogen-bond acceptors (Lipinski definition) is 3. The molecule has 0 saturated carbocycles. The Hall–Kier alpha value is -3.16. The first-order valence-electron chi connectivity index (χ1n) is 7.96. The Labute approximate surface area is 149 Å². The number of carbonyl (C=O) groups excluding carboxylic acids is 2. The molecule has 2 aromatic carbocycles. The standard InChI is InChI=1S/C18H19F2N3O3/c1-2-26-16-9-14(20)7-8-15(16)23-17(24)11-22-18(25)21-10-12-3-5-13(19)6-4-12/h3-9H,2,10-11H2,1H3,(H,23,24)(H2,21,22,25). The molecule has 2 rings (SSSR count). The van der Waals surface area contributed by atoms with Crippen molar-refractivity contribution in [3.8, 4) is 5.75 Å². The number of hydrogen-bond donors (Lipinski definition) is 3. The molecular formula is C18H19F2N3O3. The van der Waals surface area contributed by atoms with Crippen molar-refractivity contribution in [2.45, 2.75) is 13.5 Å². The minimum Gasteiger partial charge on any atom is -0.492 e. The number of benzene rings is 2. The highest BCUT2D eigenvalue weighted by Crippen LogP contribution is 2.25. The second-order valence-corrected chi connectivity index (χ2v) is 5.28. The average molecular weight is 363 g/mol. The van der Waals surface area contributed by atoms with Crippen LogP contribution in [0.5, 0.6) is 5.75 Å². The van der Waals surface area contributed by atoms with Gasteiger partial charge in [-0.05, 0) is 36.8 Å². The molecule has 0 fully saturated rings. The summed E-state index contributed by atoms with van der Waals surface area (Å²) in [5, 5.41) is 7.49. The lowest BCUT2D eigenvalue weighted by atomic mass is 10.2. The van der Waals surface area contributed by atoms with Crippen molar-refractivity contribution < 1.29 is 23.1 Å². The molecule has 0 heterocycles. The molecule has 0 radical (unpaired) electrons.